The van der Waals surface area contributed by atoms with Crippen molar-refractivity contribution < 1.29 is 9.90 Å². The second-order valence-electron chi connectivity index (χ2n) is 6.63. The van der Waals surface area contributed by atoms with E-state index in [1.807, 2.05) is 0 Å². The van der Waals surface area contributed by atoms with E-state index < -0.39 is 0 Å². The molecule has 1 aliphatic heterocycles. The minimum Gasteiger partial charge on any atom is -0.395 e. The Kier molecular flexibility index (Phi) is 6.77. The largest absolute Gasteiger partial charge is 0.395 e. The lowest BCUT2D eigenvalue weighted by Gasteiger charge is -2.31. The number of amides is 2. The molecular weight excluding hydrogens is 266 g/mol. The molecule has 5 nitrogen and oxygen atoms in total. The van der Waals surface area contributed by atoms with Crippen molar-refractivity contribution in [2.45, 2.75) is 51.0 Å². The van der Waals surface area contributed by atoms with Gasteiger partial charge in [0.2, 0.25) is 0 Å². The van der Waals surface area contributed by atoms with Gasteiger partial charge < -0.3 is 15.3 Å². The molecule has 0 bridgehead atoms. The number of hydrogen-bond acceptors (Lipinski definition) is 3. The first-order valence-electron chi connectivity index (χ1n) is 8.54. The van der Waals surface area contributed by atoms with Gasteiger partial charge in [0.05, 0.1) is 6.61 Å². The number of likely N-dealkylation sites (N-methyl/N-ethyl adjacent to an activating group) is 1. The third kappa shape index (κ3) is 5.15. The summed E-state index contributed by atoms with van der Waals surface area (Å²) >= 11 is 0. The highest BCUT2D eigenvalue weighted by Gasteiger charge is 2.27. The van der Waals surface area contributed by atoms with Crippen LogP contribution in [0.15, 0.2) is 0 Å². The fourth-order valence-corrected chi connectivity index (χ4v) is 3.66. The van der Waals surface area contributed by atoms with E-state index in [1.54, 1.807) is 11.9 Å². The maximum absolute atomic E-state index is 11.9. The number of rotatable bonds is 6. The van der Waals surface area contributed by atoms with E-state index in [-0.39, 0.29) is 12.6 Å². The molecule has 2 amide bonds. The Morgan fingerprint density at radius 2 is 2.00 bits per heavy atom. The minimum absolute atomic E-state index is 0.0150. The first kappa shape index (κ1) is 16.6. The number of aliphatic hydroxyl groups is 1. The summed E-state index contributed by atoms with van der Waals surface area (Å²) in [4.78, 5) is 16.0. The van der Waals surface area contributed by atoms with E-state index in [1.165, 1.54) is 58.0 Å². The van der Waals surface area contributed by atoms with Gasteiger partial charge in [-0.15, -0.1) is 0 Å². The SMILES string of the molecule is CN(CCO)C(=O)NCC1CCCN1CC1CCCCC1. The van der Waals surface area contributed by atoms with E-state index in [0.29, 0.717) is 12.6 Å². The van der Waals surface area contributed by atoms with Crippen LogP contribution in [0.4, 0.5) is 4.79 Å². The maximum Gasteiger partial charge on any atom is 0.317 e. The van der Waals surface area contributed by atoms with Crippen molar-refractivity contribution in [1.82, 2.24) is 15.1 Å². The van der Waals surface area contributed by atoms with Gasteiger partial charge in [-0.1, -0.05) is 19.3 Å². The number of urea groups is 1. The predicted molar refractivity (Wildman–Crippen MR) is 84.3 cm³/mol. The molecule has 21 heavy (non-hydrogen) atoms. The highest BCUT2D eigenvalue weighted by molar-refractivity contribution is 5.73. The average molecular weight is 297 g/mol. The molecule has 1 unspecified atom stereocenters. The molecule has 0 aromatic heterocycles. The molecule has 2 aliphatic rings. The predicted octanol–water partition coefficient (Wildman–Crippen LogP) is 1.66. The summed E-state index contributed by atoms with van der Waals surface area (Å²) in [5.41, 5.74) is 0. The summed E-state index contributed by atoms with van der Waals surface area (Å²) in [6.45, 7) is 3.54. The topological polar surface area (TPSA) is 55.8 Å². The molecule has 1 saturated carbocycles. The van der Waals surface area contributed by atoms with Crippen LogP contribution in [0.2, 0.25) is 0 Å². The average Bonchev–Trinajstić information content (AvgIpc) is 2.93. The van der Waals surface area contributed by atoms with Gasteiger partial charge in [0, 0.05) is 32.7 Å². The molecule has 2 N–H and O–H groups in total. The fraction of sp³-hybridized carbons (Fsp3) is 0.938. The Labute approximate surface area is 128 Å². The lowest BCUT2D eigenvalue weighted by atomic mass is 9.89. The zero-order valence-corrected chi connectivity index (χ0v) is 13.4. The van der Waals surface area contributed by atoms with Crippen LogP contribution in [0, 0.1) is 5.92 Å². The van der Waals surface area contributed by atoms with Gasteiger partial charge in [0.25, 0.3) is 0 Å². The third-order valence-corrected chi connectivity index (χ3v) is 4.99. The summed E-state index contributed by atoms with van der Waals surface area (Å²) in [5.74, 6) is 0.868. The summed E-state index contributed by atoms with van der Waals surface area (Å²) in [6, 6.07) is 0.423. The normalized spacial score (nSPS) is 24.2. The first-order chi connectivity index (χ1) is 10.2. The van der Waals surface area contributed by atoms with Gasteiger partial charge >= 0.3 is 6.03 Å². The number of carbonyl (C=O) groups is 1. The Bertz CT molecular complexity index is 319. The van der Waals surface area contributed by atoms with E-state index in [2.05, 4.69) is 10.2 Å². The van der Waals surface area contributed by atoms with Crippen LogP contribution in [-0.2, 0) is 0 Å². The maximum atomic E-state index is 11.9. The summed E-state index contributed by atoms with van der Waals surface area (Å²) < 4.78 is 0. The molecular formula is C16H31N3O2. The molecule has 1 heterocycles. The summed E-state index contributed by atoms with van der Waals surface area (Å²) in [7, 11) is 1.72. The van der Waals surface area contributed by atoms with Crippen molar-refractivity contribution in [3.05, 3.63) is 0 Å². The van der Waals surface area contributed by atoms with E-state index in [0.717, 1.165) is 12.5 Å². The van der Waals surface area contributed by atoms with Gasteiger partial charge in [-0.25, -0.2) is 4.79 Å². The number of hydrogen-bond donors (Lipinski definition) is 2. The van der Waals surface area contributed by atoms with E-state index in [4.69, 9.17) is 5.11 Å². The van der Waals surface area contributed by atoms with Crippen molar-refractivity contribution in [2.24, 2.45) is 5.92 Å². The highest BCUT2D eigenvalue weighted by Crippen LogP contribution is 2.27. The van der Waals surface area contributed by atoms with Crippen LogP contribution in [0.1, 0.15) is 44.9 Å². The van der Waals surface area contributed by atoms with Crippen molar-refractivity contribution in [3.63, 3.8) is 0 Å². The Hall–Kier alpha value is -0.810. The van der Waals surface area contributed by atoms with E-state index >= 15 is 0 Å². The van der Waals surface area contributed by atoms with Gasteiger partial charge in [0.1, 0.15) is 0 Å². The van der Waals surface area contributed by atoms with E-state index in [9.17, 15) is 4.79 Å². The molecule has 0 aromatic rings. The lowest BCUT2D eigenvalue weighted by Crippen LogP contribution is -2.46. The molecule has 122 valence electrons. The van der Waals surface area contributed by atoms with Gasteiger partial charge in [0.15, 0.2) is 0 Å². The smallest absolute Gasteiger partial charge is 0.317 e. The first-order valence-corrected chi connectivity index (χ1v) is 8.54. The number of aliphatic hydroxyl groups excluding tert-OH is 1. The number of likely N-dealkylation sites (tertiary alicyclic amines) is 1. The molecule has 0 aromatic carbocycles. The van der Waals surface area contributed by atoms with Gasteiger partial charge in [-0.05, 0) is 38.1 Å². The second-order valence-corrected chi connectivity index (χ2v) is 6.63. The quantitative estimate of drug-likeness (QED) is 0.784. The third-order valence-electron chi connectivity index (χ3n) is 4.99. The molecule has 0 radical (unpaired) electrons. The van der Waals surface area contributed by atoms with Crippen LogP contribution in [0.5, 0.6) is 0 Å². The molecule has 2 rings (SSSR count). The molecule has 1 saturated heterocycles. The van der Waals surface area contributed by atoms with Gasteiger partial charge in [-0.2, -0.15) is 0 Å². The van der Waals surface area contributed by atoms with Crippen molar-refractivity contribution in [3.8, 4) is 0 Å². The van der Waals surface area contributed by atoms with Crippen molar-refractivity contribution in [2.75, 3.05) is 39.8 Å². The second kappa shape index (κ2) is 8.59. The van der Waals surface area contributed by atoms with Gasteiger partial charge in [-0.3, -0.25) is 4.90 Å². The van der Waals surface area contributed by atoms with Crippen molar-refractivity contribution in [1.29, 1.82) is 0 Å². The number of nitrogens with one attached hydrogen (secondary N) is 1. The molecule has 0 spiro atoms. The molecule has 1 aliphatic carbocycles. The number of carbonyl (C=O) groups excluding carboxylic acids is 1. The molecule has 2 fully saturated rings. The minimum atomic E-state index is -0.0754. The Morgan fingerprint density at radius 3 is 2.71 bits per heavy atom. The Morgan fingerprint density at radius 1 is 1.24 bits per heavy atom. The molecule has 5 heteroatoms. The lowest BCUT2D eigenvalue weighted by molar-refractivity contribution is 0.172. The van der Waals surface area contributed by atoms with Crippen LogP contribution in [0.25, 0.3) is 0 Å². The zero-order chi connectivity index (χ0) is 15.1. The number of nitrogens with zero attached hydrogens (tertiary/aromatic N) is 2. The van der Waals surface area contributed by atoms with Crippen LogP contribution >= 0.6 is 0 Å². The van der Waals surface area contributed by atoms with Crippen LogP contribution in [0.3, 0.4) is 0 Å². The fourth-order valence-electron chi connectivity index (χ4n) is 3.66. The standard InChI is InChI=1S/C16H31N3O2/c1-18(10-11-20)16(21)17-12-15-8-5-9-19(15)13-14-6-3-2-4-7-14/h14-15,20H,2-13H2,1H3,(H,17,21). The van der Waals surface area contributed by atoms with Crippen molar-refractivity contribution >= 4 is 6.03 Å². The Balaban J connectivity index is 1.72. The monoisotopic (exact) mass is 297 g/mol. The summed E-state index contributed by atoms with van der Waals surface area (Å²) in [5, 5.41) is 11.9. The molecule has 1 atom stereocenters. The zero-order valence-electron chi connectivity index (χ0n) is 13.4. The van der Waals surface area contributed by atoms with Crippen LogP contribution < -0.4 is 5.32 Å². The summed E-state index contributed by atoms with van der Waals surface area (Å²) in [6.07, 6.45) is 9.41. The van der Waals surface area contributed by atoms with Crippen LogP contribution in [-0.4, -0.2) is 66.8 Å². The highest BCUT2D eigenvalue weighted by atomic mass is 16.3.